The number of piperazine rings is 1. The lowest BCUT2D eigenvalue weighted by atomic mass is 10.0. The molecular formula is C16H22N4O3S. The molecule has 1 aliphatic carbocycles. The molecule has 2 aliphatic heterocycles. The summed E-state index contributed by atoms with van der Waals surface area (Å²) in [5, 5.41) is 0. The van der Waals surface area contributed by atoms with E-state index < -0.39 is 15.4 Å². The first-order valence-electron chi connectivity index (χ1n) is 8.32. The maximum Gasteiger partial charge on any atom is 0.243 e. The number of nitrogens with zero attached hydrogens (tertiary/aromatic N) is 3. The Bertz CT molecular complexity index is 748. The average molecular weight is 350 g/mol. The second-order valence-corrected chi connectivity index (χ2v) is 9.31. The summed E-state index contributed by atoms with van der Waals surface area (Å²) in [6, 6.07) is 5.27. The van der Waals surface area contributed by atoms with Crippen LogP contribution in [0.25, 0.3) is 0 Å². The van der Waals surface area contributed by atoms with Gasteiger partial charge in [-0.15, -0.1) is 0 Å². The van der Waals surface area contributed by atoms with E-state index in [1.54, 1.807) is 11.1 Å². The SMILES string of the molecule is NC1(C(=O)N2CCN(Cc3ccccn3)[C@@H]3CS(=O)(=O)C[C@@H]32)CC1. The van der Waals surface area contributed by atoms with Crippen LogP contribution < -0.4 is 5.73 Å². The summed E-state index contributed by atoms with van der Waals surface area (Å²) in [6.07, 6.45) is 3.14. The van der Waals surface area contributed by atoms with Gasteiger partial charge in [-0.05, 0) is 25.0 Å². The number of amides is 1. The van der Waals surface area contributed by atoms with Crippen molar-refractivity contribution in [1.29, 1.82) is 0 Å². The number of carbonyl (C=O) groups is 1. The van der Waals surface area contributed by atoms with Gasteiger partial charge < -0.3 is 10.6 Å². The maximum absolute atomic E-state index is 12.7. The normalized spacial score (nSPS) is 30.8. The van der Waals surface area contributed by atoms with Crippen LogP contribution in [0.3, 0.4) is 0 Å². The molecule has 4 rings (SSSR count). The van der Waals surface area contributed by atoms with Crippen LogP contribution in [0.4, 0.5) is 0 Å². The summed E-state index contributed by atoms with van der Waals surface area (Å²) in [7, 11) is -3.14. The van der Waals surface area contributed by atoms with Crippen molar-refractivity contribution in [3.05, 3.63) is 30.1 Å². The number of carbonyl (C=O) groups excluding carboxylic acids is 1. The summed E-state index contributed by atoms with van der Waals surface area (Å²) in [5.41, 5.74) is 6.23. The van der Waals surface area contributed by atoms with Gasteiger partial charge in [0.1, 0.15) is 0 Å². The van der Waals surface area contributed by atoms with Crippen molar-refractivity contribution < 1.29 is 13.2 Å². The van der Waals surface area contributed by atoms with E-state index in [9.17, 15) is 13.2 Å². The third-order valence-corrected chi connectivity index (χ3v) is 7.06. The molecule has 1 amide bonds. The Morgan fingerprint density at radius 2 is 2.00 bits per heavy atom. The quantitative estimate of drug-likeness (QED) is 0.781. The fourth-order valence-corrected chi connectivity index (χ4v) is 5.82. The molecule has 3 heterocycles. The number of rotatable bonds is 3. The van der Waals surface area contributed by atoms with Crippen molar-refractivity contribution in [2.75, 3.05) is 24.6 Å². The average Bonchev–Trinajstić information content (AvgIpc) is 3.20. The summed E-state index contributed by atoms with van der Waals surface area (Å²) in [5.74, 6) is 0.0661. The first-order chi connectivity index (χ1) is 11.4. The molecule has 0 spiro atoms. The number of hydrogen-bond acceptors (Lipinski definition) is 6. The lowest BCUT2D eigenvalue weighted by Gasteiger charge is -2.44. The highest BCUT2D eigenvalue weighted by Crippen LogP contribution is 2.37. The minimum atomic E-state index is -3.14. The maximum atomic E-state index is 12.7. The zero-order valence-corrected chi connectivity index (χ0v) is 14.3. The van der Waals surface area contributed by atoms with E-state index in [4.69, 9.17) is 5.73 Å². The van der Waals surface area contributed by atoms with Crippen LogP contribution in [0.1, 0.15) is 18.5 Å². The van der Waals surface area contributed by atoms with Crippen molar-refractivity contribution in [1.82, 2.24) is 14.8 Å². The Kier molecular flexibility index (Phi) is 3.67. The lowest BCUT2D eigenvalue weighted by molar-refractivity contribution is -0.139. The van der Waals surface area contributed by atoms with E-state index in [0.29, 0.717) is 32.5 Å². The first-order valence-corrected chi connectivity index (χ1v) is 10.1. The summed E-state index contributed by atoms with van der Waals surface area (Å²) in [6.45, 7) is 1.78. The van der Waals surface area contributed by atoms with Crippen LogP contribution in [-0.4, -0.2) is 71.3 Å². The topological polar surface area (TPSA) is 96.6 Å². The molecule has 2 atom stereocenters. The Balaban J connectivity index is 1.57. The molecule has 130 valence electrons. The number of aromatic nitrogens is 1. The predicted molar refractivity (Wildman–Crippen MR) is 88.7 cm³/mol. The lowest BCUT2D eigenvalue weighted by Crippen LogP contribution is -2.63. The number of hydrogen-bond donors (Lipinski definition) is 1. The van der Waals surface area contributed by atoms with Crippen molar-refractivity contribution in [2.45, 2.75) is 37.0 Å². The molecule has 24 heavy (non-hydrogen) atoms. The van der Waals surface area contributed by atoms with E-state index in [0.717, 1.165) is 5.69 Å². The highest BCUT2D eigenvalue weighted by Gasteiger charge is 2.54. The number of sulfone groups is 1. The smallest absolute Gasteiger partial charge is 0.243 e. The van der Waals surface area contributed by atoms with Gasteiger partial charge >= 0.3 is 0 Å². The highest BCUT2D eigenvalue weighted by molar-refractivity contribution is 7.91. The minimum absolute atomic E-state index is 0.0399. The second-order valence-electron chi connectivity index (χ2n) is 7.16. The van der Waals surface area contributed by atoms with Gasteiger partial charge in [-0.3, -0.25) is 14.7 Å². The Morgan fingerprint density at radius 1 is 1.25 bits per heavy atom. The third-order valence-electron chi connectivity index (χ3n) is 5.36. The van der Waals surface area contributed by atoms with Crippen molar-refractivity contribution in [2.24, 2.45) is 5.73 Å². The number of pyridine rings is 1. The van der Waals surface area contributed by atoms with Crippen LogP contribution >= 0.6 is 0 Å². The second kappa shape index (κ2) is 5.50. The van der Waals surface area contributed by atoms with Crippen LogP contribution in [0.15, 0.2) is 24.4 Å². The molecular weight excluding hydrogens is 328 g/mol. The van der Waals surface area contributed by atoms with Gasteiger partial charge in [-0.25, -0.2) is 8.42 Å². The molecule has 7 nitrogen and oxygen atoms in total. The molecule has 3 fully saturated rings. The number of nitrogens with two attached hydrogens (primary N) is 1. The molecule has 8 heteroatoms. The first kappa shape index (κ1) is 16.0. The Labute approximate surface area is 141 Å². The van der Waals surface area contributed by atoms with Gasteiger partial charge in [0.25, 0.3) is 0 Å². The highest BCUT2D eigenvalue weighted by atomic mass is 32.2. The van der Waals surface area contributed by atoms with Crippen LogP contribution in [0, 0.1) is 0 Å². The molecule has 0 aromatic carbocycles. The van der Waals surface area contributed by atoms with Gasteiger partial charge in [0, 0.05) is 31.9 Å². The monoisotopic (exact) mass is 350 g/mol. The predicted octanol–water partition coefficient (Wildman–Crippen LogP) is -0.617. The van der Waals surface area contributed by atoms with Gasteiger partial charge in [0.15, 0.2) is 9.84 Å². The van der Waals surface area contributed by atoms with Gasteiger partial charge in [-0.1, -0.05) is 6.07 Å². The molecule has 1 aromatic rings. The van der Waals surface area contributed by atoms with Gasteiger partial charge in [0.2, 0.25) is 5.91 Å². The Morgan fingerprint density at radius 3 is 2.67 bits per heavy atom. The molecule has 0 bridgehead atoms. The largest absolute Gasteiger partial charge is 0.334 e. The molecule has 1 saturated carbocycles. The number of fused-ring (bicyclic) bond motifs is 1. The van der Waals surface area contributed by atoms with E-state index in [1.807, 2.05) is 18.2 Å². The molecule has 0 radical (unpaired) electrons. The zero-order chi connectivity index (χ0) is 16.9. The fraction of sp³-hybridized carbons (Fsp3) is 0.625. The van der Waals surface area contributed by atoms with Gasteiger partial charge in [0.05, 0.1) is 28.8 Å². The van der Waals surface area contributed by atoms with E-state index in [2.05, 4.69) is 9.88 Å². The zero-order valence-electron chi connectivity index (χ0n) is 13.5. The summed E-state index contributed by atoms with van der Waals surface area (Å²) < 4.78 is 24.4. The molecule has 1 aromatic heterocycles. The Hall–Kier alpha value is -1.51. The van der Waals surface area contributed by atoms with Crippen molar-refractivity contribution >= 4 is 15.7 Å². The van der Waals surface area contributed by atoms with Gasteiger partial charge in [-0.2, -0.15) is 0 Å². The van der Waals surface area contributed by atoms with E-state index in [1.165, 1.54) is 0 Å². The molecule has 2 N–H and O–H groups in total. The standard InChI is InChI=1S/C16H22N4O3S/c17-16(4-5-16)15(21)20-8-7-19(9-12-3-1-2-6-18-12)13-10-24(22,23)11-14(13)20/h1-3,6,13-14H,4-5,7-11,17H2/t13-,14+/m1/s1. The summed E-state index contributed by atoms with van der Waals surface area (Å²) >= 11 is 0. The van der Waals surface area contributed by atoms with Crippen molar-refractivity contribution in [3.63, 3.8) is 0 Å². The molecule has 0 unspecified atom stereocenters. The van der Waals surface area contributed by atoms with E-state index >= 15 is 0 Å². The minimum Gasteiger partial charge on any atom is -0.334 e. The fourth-order valence-electron chi connectivity index (χ4n) is 3.81. The van der Waals surface area contributed by atoms with Crippen molar-refractivity contribution in [3.8, 4) is 0 Å². The van der Waals surface area contributed by atoms with E-state index in [-0.39, 0.29) is 29.5 Å². The molecule has 2 saturated heterocycles. The summed E-state index contributed by atoms with van der Waals surface area (Å²) in [4.78, 5) is 20.9. The van der Waals surface area contributed by atoms with Crippen LogP contribution in [-0.2, 0) is 21.2 Å². The third kappa shape index (κ3) is 2.82. The molecule has 3 aliphatic rings. The van der Waals surface area contributed by atoms with Crippen LogP contribution in [0.5, 0.6) is 0 Å². The van der Waals surface area contributed by atoms with Crippen LogP contribution in [0.2, 0.25) is 0 Å².